The smallest absolute Gasteiger partial charge is 0.0743 e. The standard InChI is InChI=1S/C10H8N2S2/c13-7-11-5-9-2-1-3-10(4-9)6-12-8-14/h1-4H,5-6H2. The fourth-order valence-electron chi connectivity index (χ4n) is 1.07. The Bertz CT molecular complexity index is 367. The molecule has 0 amide bonds. The summed E-state index contributed by atoms with van der Waals surface area (Å²) in [7, 11) is 0. The van der Waals surface area contributed by atoms with Gasteiger partial charge in [-0.3, -0.25) is 0 Å². The van der Waals surface area contributed by atoms with Crippen LogP contribution in [0.25, 0.3) is 0 Å². The third-order valence-corrected chi connectivity index (χ3v) is 1.90. The van der Waals surface area contributed by atoms with Gasteiger partial charge in [0.15, 0.2) is 0 Å². The second kappa shape index (κ2) is 6.30. The van der Waals surface area contributed by atoms with Crippen LogP contribution in [0.4, 0.5) is 0 Å². The Morgan fingerprint density at radius 2 is 1.50 bits per heavy atom. The molecule has 0 aliphatic heterocycles. The summed E-state index contributed by atoms with van der Waals surface area (Å²) in [6, 6.07) is 7.95. The number of hydrogen-bond acceptors (Lipinski definition) is 4. The summed E-state index contributed by atoms with van der Waals surface area (Å²) in [5.41, 5.74) is 2.19. The number of thiocarbonyl (C=S) groups is 2. The molecule has 0 heterocycles. The molecule has 0 aliphatic carbocycles. The van der Waals surface area contributed by atoms with Gasteiger partial charge in [-0.2, -0.15) is 0 Å². The minimum absolute atomic E-state index is 0.568. The van der Waals surface area contributed by atoms with Crippen molar-refractivity contribution >= 4 is 34.8 Å². The minimum Gasteiger partial charge on any atom is -0.228 e. The molecule has 0 saturated heterocycles. The van der Waals surface area contributed by atoms with Gasteiger partial charge >= 0.3 is 0 Å². The van der Waals surface area contributed by atoms with Gasteiger partial charge in [-0.15, -0.1) is 0 Å². The van der Waals surface area contributed by atoms with Gasteiger partial charge in [-0.25, -0.2) is 9.98 Å². The first-order valence-electron chi connectivity index (χ1n) is 4.02. The molecule has 0 N–H and O–H groups in total. The number of isothiocyanates is 2. The van der Waals surface area contributed by atoms with E-state index in [-0.39, 0.29) is 0 Å². The molecule has 0 aliphatic rings. The molecule has 0 fully saturated rings. The van der Waals surface area contributed by atoms with E-state index in [2.05, 4.69) is 44.7 Å². The zero-order valence-corrected chi connectivity index (χ0v) is 9.07. The fourth-order valence-corrected chi connectivity index (χ4v) is 1.20. The van der Waals surface area contributed by atoms with Crippen molar-refractivity contribution in [3.63, 3.8) is 0 Å². The molecule has 4 heteroatoms. The van der Waals surface area contributed by atoms with Crippen LogP contribution in [0.15, 0.2) is 34.3 Å². The van der Waals surface area contributed by atoms with Crippen molar-refractivity contribution < 1.29 is 0 Å². The number of nitrogens with zero attached hydrogens (tertiary/aromatic N) is 2. The SMILES string of the molecule is S=C=NCc1cccc(CN=C=S)c1. The topological polar surface area (TPSA) is 24.7 Å². The van der Waals surface area contributed by atoms with E-state index in [1.54, 1.807) is 0 Å². The second-order valence-electron chi connectivity index (χ2n) is 2.63. The predicted octanol–water partition coefficient (Wildman–Crippen LogP) is 2.89. The summed E-state index contributed by atoms with van der Waals surface area (Å²) in [5, 5.41) is 4.67. The van der Waals surface area contributed by atoms with E-state index in [9.17, 15) is 0 Å². The van der Waals surface area contributed by atoms with Crippen LogP contribution in [0, 0.1) is 0 Å². The first-order chi connectivity index (χ1) is 6.86. The first kappa shape index (κ1) is 10.9. The lowest BCUT2D eigenvalue weighted by molar-refractivity contribution is 1.04. The van der Waals surface area contributed by atoms with Crippen LogP contribution in [-0.2, 0) is 13.1 Å². The van der Waals surface area contributed by atoms with Crippen molar-refractivity contribution in [3.05, 3.63) is 35.4 Å². The Balaban J connectivity index is 2.77. The lowest BCUT2D eigenvalue weighted by Gasteiger charge is -1.98. The Morgan fingerprint density at radius 1 is 1.00 bits per heavy atom. The quantitative estimate of drug-likeness (QED) is 0.575. The van der Waals surface area contributed by atoms with Gasteiger partial charge in [0.1, 0.15) is 0 Å². The average molecular weight is 220 g/mol. The summed E-state index contributed by atoms with van der Waals surface area (Å²) >= 11 is 8.99. The highest BCUT2D eigenvalue weighted by Gasteiger charge is 1.93. The van der Waals surface area contributed by atoms with Gasteiger partial charge < -0.3 is 0 Å². The molecule has 70 valence electrons. The third-order valence-electron chi connectivity index (χ3n) is 1.64. The number of benzene rings is 1. The predicted molar refractivity (Wildman–Crippen MR) is 63.9 cm³/mol. The van der Waals surface area contributed by atoms with Crippen molar-refractivity contribution in [2.45, 2.75) is 13.1 Å². The van der Waals surface area contributed by atoms with E-state index in [4.69, 9.17) is 0 Å². The molecule has 0 unspecified atom stereocenters. The normalized spacial score (nSPS) is 8.57. The van der Waals surface area contributed by atoms with Gasteiger partial charge in [0.25, 0.3) is 0 Å². The van der Waals surface area contributed by atoms with Crippen LogP contribution in [0.5, 0.6) is 0 Å². The van der Waals surface area contributed by atoms with E-state index in [1.165, 1.54) is 0 Å². The highest BCUT2D eigenvalue weighted by molar-refractivity contribution is 7.78. The van der Waals surface area contributed by atoms with Crippen LogP contribution >= 0.6 is 24.4 Å². The molecule has 14 heavy (non-hydrogen) atoms. The highest BCUT2D eigenvalue weighted by atomic mass is 32.1. The molecule has 0 bridgehead atoms. The van der Waals surface area contributed by atoms with E-state index < -0.39 is 0 Å². The summed E-state index contributed by atoms with van der Waals surface area (Å²) in [6.07, 6.45) is 0. The van der Waals surface area contributed by atoms with Crippen LogP contribution in [0.2, 0.25) is 0 Å². The fraction of sp³-hybridized carbons (Fsp3) is 0.200. The van der Waals surface area contributed by atoms with Crippen molar-refractivity contribution in [3.8, 4) is 0 Å². The Kier molecular flexibility index (Phi) is 4.90. The van der Waals surface area contributed by atoms with Gasteiger partial charge in [0.05, 0.1) is 23.4 Å². The summed E-state index contributed by atoms with van der Waals surface area (Å²) < 4.78 is 0. The molecule has 0 atom stereocenters. The van der Waals surface area contributed by atoms with Gasteiger partial charge in [0.2, 0.25) is 0 Å². The maximum Gasteiger partial charge on any atom is 0.0743 e. The number of aliphatic imine (C=N–C) groups is 2. The molecule has 0 aromatic heterocycles. The van der Waals surface area contributed by atoms with E-state index >= 15 is 0 Å². The Hall–Kier alpha value is -1.18. The van der Waals surface area contributed by atoms with E-state index in [0.717, 1.165) is 11.1 Å². The van der Waals surface area contributed by atoms with Crippen molar-refractivity contribution in [1.82, 2.24) is 0 Å². The van der Waals surface area contributed by atoms with Crippen LogP contribution in [0.3, 0.4) is 0 Å². The van der Waals surface area contributed by atoms with E-state index in [1.807, 2.05) is 24.3 Å². The lowest BCUT2D eigenvalue weighted by atomic mass is 10.1. The summed E-state index contributed by atoms with van der Waals surface area (Å²) in [5.74, 6) is 0. The molecule has 0 spiro atoms. The van der Waals surface area contributed by atoms with Crippen molar-refractivity contribution in [1.29, 1.82) is 0 Å². The zero-order chi connectivity index (χ0) is 10.2. The molecular formula is C10H8N2S2. The third kappa shape index (κ3) is 3.69. The lowest BCUT2D eigenvalue weighted by Crippen LogP contribution is -1.85. The van der Waals surface area contributed by atoms with Gasteiger partial charge in [0, 0.05) is 0 Å². The number of rotatable bonds is 4. The zero-order valence-electron chi connectivity index (χ0n) is 7.43. The van der Waals surface area contributed by atoms with Gasteiger partial charge in [-0.1, -0.05) is 24.3 Å². The summed E-state index contributed by atoms with van der Waals surface area (Å²) in [4.78, 5) is 7.72. The summed E-state index contributed by atoms with van der Waals surface area (Å²) in [6.45, 7) is 1.14. The van der Waals surface area contributed by atoms with Crippen LogP contribution in [-0.4, -0.2) is 10.3 Å². The number of hydrogen-bond donors (Lipinski definition) is 0. The molecule has 1 aromatic carbocycles. The molecule has 1 rings (SSSR count). The van der Waals surface area contributed by atoms with Crippen LogP contribution < -0.4 is 0 Å². The molecule has 0 radical (unpaired) electrons. The van der Waals surface area contributed by atoms with Crippen molar-refractivity contribution in [2.75, 3.05) is 0 Å². The van der Waals surface area contributed by atoms with Gasteiger partial charge in [-0.05, 0) is 35.6 Å². The molecule has 1 aromatic rings. The second-order valence-corrected chi connectivity index (χ2v) is 3.00. The Labute approximate surface area is 93.4 Å². The molecule has 0 saturated carbocycles. The largest absolute Gasteiger partial charge is 0.228 e. The average Bonchev–Trinajstić information content (AvgIpc) is 2.24. The molecular weight excluding hydrogens is 212 g/mol. The highest BCUT2D eigenvalue weighted by Crippen LogP contribution is 2.07. The Morgan fingerprint density at radius 3 is 1.93 bits per heavy atom. The van der Waals surface area contributed by atoms with E-state index in [0.29, 0.717) is 13.1 Å². The molecule has 2 nitrogen and oxygen atoms in total. The maximum absolute atomic E-state index is 4.50. The maximum atomic E-state index is 4.50. The first-order valence-corrected chi connectivity index (χ1v) is 4.83. The van der Waals surface area contributed by atoms with Crippen LogP contribution in [0.1, 0.15) is 11.1 Å². The monoisotopic (exact) mass is 220 g/mol. The minimum atomic E-state index is 0.568. The van der Waals surface area contributed by atoms with Crippen molar-refractivity contribution in [2.24, 2.45) is 9.98 Å².